The third-order valence-corrected chi connectivity index (χ3v) is 5.80. The number of anilines is 1. The molecular weight excluding hydrogens is 314 g/mol. The Kier molecular flexibility index (Phi) is 5.77. The molecule has 0 aromatic heterocycles. The molecule has 2 fully saturated rings. The predicted molar refractivity (Wildman–Crippen MR) is 107 cm³/mol. The highest BCUT2D eigenvalue weighted by atomic mass is 32.1. The second kappa shape index (κ2) is 7.83. The van der Waals surface area contributed by atoms with Gasteiger partial charge in [-0.1, -0.05) is 25.5 Å². The van der Waals surface area contributed by atoms with Gasteiger partial charge in [0.1, 0.15) is 0 Å². The summed E-state index contributed by atoms with van der Waals surface area (Å²) in [5.74, 6) is 0. The number of nitrogens with one attached hydrogen (secondary N) is 2. The standard InChI is InChI=1S/C20H31N3S/c1-4-10-23-17-6-5-7-18(23)13-16(12-17)21-20(24)22-19-11-14(2)8-9-15(19)3/h8-9,11,16-18H,4-7,10,12-13H2,1-3H3,(H2,21,22,24)/t17-,18-/m1/s1. The number of rotatable bonds is 4. The van der Waals surface area contributed by atoms with E-state index in [-0.39, 0.29) is 0 Å². The number of aryl methyl sites for hydroxylation is 2. The Balaban J connectivity index is 1.58. The van der Waals surface area contributed by atoms with Crippen molar-refractivity contribution in [2.45, 2.75) is 77.4 Å². The minimum atomic E-state index is 0.513. The smallest absolute Gasteiger partial charge is 0.171 e. The van der Waals surface area contributed by atoms with E-state index in [1.54, 1.807) is 0 Å². The summed E-state index contributed by atoms with van der Waals surface area (Å²) in [5.41, 5.74) is 3.61. The Hall–Kier alpha value is -1.13. The summed E-state index contributed by atoms with van der Waals surface area (Å²) in [7, 11) is 0. The van der Waals surface area contributed by atoms with Crippen molar-refractivity contribution in [2.24, 2.45) is 0 Å². The molecule has 2 aliphatic heterocycles. The molecule has 0 saturated carbocycles. The van der Waals surface area contributed by atoms with Crippen molar-refractivity contribution in [3.05, 3.63) is 29.3 Å². The Morgan fingerprint density at radius 3 is 2.58 bits per heavy atom. The number of nitrogens with zero attached hydrogens (tertiary/aromatic N) is 1. The van der Waals surface area contributed by atoms with Crippen LogP contribution >= 0.6 is 12.2 Å². The van der Waals surface area contributed by atoms with Crippen LogP contribution < -0.4 is 10.6 Å². The van der Waals surface area contributed by atoms with Gasteiger partial charge in [-0.3, -0.25) is 4.90 Å². The van der Waals surface area contributed by atoms with Gasteiger partial charge in [0, 0.05) is 23.8 Å². The molecule has 24 heavy (non-hydrogen) atoms. The first-order chi connectivity index (χ1) is 11.6. The highest BCUT2D eigenvalue weighted by Gasteiger charge is 2.37. The molecule has 0 spiro atoms. The average molecular weight is 346 g/mol. The van der Waals surface area contributed by atoms with Crippen molar-refractivity contribution < 1.29 is 0 Å². The maximum absolute atomic E-state index is 5.60. The van der Waals surface area contributed by atoms with E-state index in [9.17, 15) is 0 Å². The number of hydrogen-bond acceptors (Lipinski definition) is 2. The van der Waals surface area contributed by atoms with Gasteiger partial charge in [0.2, 0.25) is 0 Å². The molecule has 0 unspecified atom stereocenters. The summed E-state index contributed by atoms with van der Waals surface area (Å²) in [5, 5.41) is 7.78. The third-order valence-electron chi connectivity index (χ3n) is 5.58. The van der Waals surface area contributed by atoms with Gasteiger partial charge in [0.15, 0.2) is 5.11 Å². The van der Waals surface area contributed by atoms with Crippen LogP contribution in [0, 0.1) is 13.8 Å². The van der Waals surface area contributed by atoms with E-state index in [2.05, 4.69) is 54.5 Å². The summed E-state index contributed by atoms with van der Waals surface area (Å²) < 4.78 is 0. The number of piperidine rings is 2. The van der Waals surface area contributed by atoms with Gasteiger partial charge >= 0.3 is 0 Å². The van der Waals surface area contributed by atoms with Gasteiger partial charge in [-0.05, 0) is 81.9 Å². The molecule has 2 N–H and O–H groups in total. The van der Waals surface area contributed by atoms with Crippen LogP contribution in [0.3, 0.4) is 0 Å². The van der Waals surface area contributed by atoms with Crippen LogP contribution in [-0.2, 0) is 0 Å². The molecule has 0 aliphatic carbocycles. The quantitative estimate of drug-likeness (QED) is 0.792. The van der Waals surface area contributed by atoms with Crippen molar-refractivity contribution in [3.8, 4) is 0 Å². The van der Waals surface area contributed by atoms with Gasteiger partial charge < -0.3 is 10.6 Å². The van der Waals surface area contributed by atoms with E-state index in [1.165, 1.54) is 56.2 Å². The second-order valence-corrected chi connectivity index (χ2v) is 7.97. The highest BCUT2D eigenvalue weighted by molar-refractivity contribution is 7.80. The molecule has 4 heteroatoms. The lowest BCUT2D eigenvalue weighted by atomic mass is 9.81. The molecule has 2 bridgehead atoms. The summed E-state index contributed by atoms with van der Waals surface area (Å²) in [6.07, 6.45) is 7.82. The van der Waals surface area contributed by atoms with Crippen molar-refractivity contribution >= 4 is 23.0 Å². The minimum Gasteiger partial charge on any atom is -0.360 e. The van der Waals surface area contributed by atoms with E-state index < -0.39 is 0 Å². The predicted octanol–water partition coefficient (Wildman–Crippen LogP) is 4.39. The lowest BCUT2D eigenvalue weighted by Gasteiger charge is -2.49. The molecule has 1 aromatic rings. The van der Waals surface area contributed by atoms with Gasteiger partial charge in [-0.15, -0.1) is 0 Å². The first-order valence-electron chi connectivity index (χ1n) is 9.47. The number of thiocarbonyl (C=S) groups is 1. The Bertz CT molecular complexity index is 572. The first-order valence-corrected chi connectivity index (χ1v) is 9.88. The van der Waals surface area contributed by atoms with Gasteiger partial charge in [0.25, 0.3) is 0 Å². The van der Waals surface area contributed by atoms with Crippen molar-refractivity contribution in [2.75, 3.05) is 11.9 Å². The first kappa shape index (κ1) is 17.7. The maximum Gasteiger partial charge on any atom is 0.171 e. The SMILES string of the molecule is CCCN1[C@@H]2CCC[C@@H]1CC(NC(=S)Nc1cc(C)ccc1C)C2. The van der Waals surface area contributed by atoms with Gasteiger partial charge in [-0.25, -0.2) is 0 Å². The number of fused-ring (bicyclic) bond motifs is 2. The molecule has 3 nitrogen and oxygen atoms in total. The topological polar surface area (TPSA) is 27.3 Å². The molecule has 3 rings (SSSR count). The van der Waals surface area contributed by atoms with Crippen LogP contribution in [0.1, 0.15) is 56.6 Å². The van der Waals surface area contributed by atoms with Gasteiger partial charge in [-0.2, -0.15) is 0 Å². The van der Waals surface area contributed by atoms with Crippen LogP contribution in [0.2, 0.25) is 0 Å². The fourth-order valence-corrected chi connectivity index (χ4v) is 4.71. The molecule has 0 amide bonds. The van der Waals surface area contributed by atoms with E-state index >= 15 is 0 Å². The highest BCUT2D eigenvalue weighted by Crippen LogP contribution is 2.34. The van der Waals surface area contributed by atoms with Crippen LogP contribution in [0.4, 0.5) is 5.69 Å². The minimum absolute atomic E-state index is 0.513. The fourth-order valence-electron chi connectivity index (χ4n) is 4.43. The summed E-state index contributed by atoms with van der Waals surface area (Å²) in [6.45, 7) is 7.79. The molecule has 1 aromatic carbocycles. The second-order valence-electron chi connectivity index (χ2n) is 7.56. The summed E-state index contributed by atoms with van der Waals surface area (Å²) in [4.78, 5) is 2.77. The van der Waals surface area contributed by atoms with Gasteiger partial charge in [0.05, 0.1) is 0 Å². The largest absolute Gasteiger partial charge is 0.360 e. The summed E-state index contributed by atoms with van der Waals surface area (Å²) in [6, 6.07) is 8.47. The van der Waals surface area contributed by atoms with Crippen molar-refractivity contribution in [1.29, 1.82) is 0 Å². The summed E-state index contributed by atoms with van der Waals surface area (Å²) >= 11 is 5.60. The van der Waals surface area contributed by atoms with Crippen LogP contribution in [0.15, 0.2) is 18.2 Å². The Morgan fingerprint density at radius 2 is 1.92 bits per heavy atom. The zero-order valence-corrected chi connectivity index (χ0v) is 16.1. The monoisotopic (exact) mass is 345 g/mol. The molecule has 2 atom stereocenters. The van der Waals surface area contributed by atoms with Crippen LogP contribution in [0.5, 0.6) is 0 Å². The lowest BCUT2D eigenvalue weighted by molar-refractivity contribution is 0.0284. The van der Waals surface area contributed by atoms with E-state index in [0.717, 1.165) is 22.9 Å². The zero-order valence-electron chi connectivity index (χ0n) is 15.3. The van der Waals surface area contributed by atoms with E-state index in [0.29, 0.717) is 6.04 Å². The van der Waals surface area contributed by atoms with Crippen LogP contribution in [-0.4, -0.2) is 34.7 Å². The fraction of sp³-hybridized carbons (Fsp3) is 0.650. The molecule has 2 saturated heterocycles. The zero-order chi connectivity index (χ0) is 17.1. The Morgan fingerprint density at radius 1 is 1.21 bits per heavy atom. The van der Waals surface area contributed by atoms with Crippen LogP contribution in [0.25, 0.3) is 0 Å². The number of hydrogen-bond donors (Lipinski definition) is 2. The molecule has 132 valence electrons. The normalized spacial score (nSPS) is 26.9. The molecule has 0 radical (unpaired) electrons. The van der Waals surface area contributed by atoms with Crippen molar-refractivity contribution in [3.63, 3.8) is 0 Å². The molecular formula is C20H31N3S. The Labute approximate surface area is 152 Å². The van der Waals surface area contributed by atoms with E-state index in [4.69, 9.17) is 12.2 Å². The third kappa shape index (κ3) is 4.09. The maximum atomic E-state index is 5.60. The molecule has 2 heterocycles. The lowest BCUT2D eigenvalue weighted by Crippen LogP contribution is -2.57. The molecule has 2 aliphatic rings. The number of benzene rings is 1. The average Bonchev–Trinajstić information content (AvgIpc) is 2.52. The van der Waals surface area contributed by atoms with E-state index in [1.807, 2.05) is 0 Å². The van der Waals surface area contributed by atoms with Crippen molar-refractivity contribution in [1.82, 2.24) is 10.2 Å².